The largest absolute Gasteiger partial charge is 0.494 e. The molecule has 1 fully saturated rings. The van der Waals surface area contributed by atoms with E-state index in [1.54, 1.807) is 0 Å². The fraction of sp³-hybridized carbons (Fsp3) is 0.632. The van der Waals surface area contributed by atoms with Crippen LogP contribution in [0.4, 0.5) is 0 Å². The summed E-state index contributed by atoms with van der Waals surface area (Å²) in [4.78, 5) is 6.76. The van der Waals surface area contributed by atoms with Crippen molar-refractivity contribution in [1.82, 2.24) is 10.2 Å². The molecular weight excluding hydrogens is 429 g/mol. The molecule has 0 unspecified atom stereocenters. The molecule has 0 aliphatic heterocycles. The van der Waals surface area contributed by atoms with E-state index in [1.807, 2.05) is 26.1 Å². The van der Waals surface area contributed by atoms with Crippen molar-refractivity contribution in [2.45, 2.75) is 51.7 Å². The van der Waals surface area contributed by atoms with Gasteiger partial charge in [0.25, 0.3) is 0 Å². The number of nitrogens with zero attached hydrogens (tertiary/aromatic N) is 2. The van der Waals surface area contributed by atoms with Crippen LogP contribution in [0.2, 0.25) is 0 Å². The second kappa shape index (κ2) is 10.9. The van der Waals surface area contributed by atoms with Gasteiger partial charge in [-0.1, -0.05) is 25.0 Å². The lowest BCUT2D eigenvalue weighted by atomic mass is 10.0. The van der Waals surface area contributed by atoms with Crippen molar-refractivity contribution in [3.63, 3.8) is 0 Å². The first-order chi connectivity index (χ1) is 11.6. The number of nitrogens with one attached hydrogen (secondary N) is 1. The van der Waals surface area contributed by atoms with Crippen LogP contribution in [0.15, 0.2) is 29.3 Å². The molecule has 6 heteroatoms. The molecule has 0 heterocycles. The van der Waals surface area contributed by atoms with E-state index < -0.39 is 5.60 Å². The van der Waals surface area contributed by atoms with Crippen LogP contribution in [0.3, 0.4) is 0 Å². The molecule has 1 saturated carbocycles. The third kappa shape index (κ3) is 7.01. The van der Waals surface area contributed by atoms with E-state index in [0.717, 1.165) is 50.5 Å². The number of ether oxygens (including phenoxy) is 1. The summed E-state index contributed by atoms with van der Waals surface area (Å²) in [5.41, 5.74) is 0.590. The molecule has 0 bridgehead atoms. The third-order valence-electron chi connectivity index (χ3n) is 4.41. The minimum absolute atomic E-state index is 0. The highest BCUT2D eigenvalue weighted by Gasteiger charge is 2.30. The number of aliphatic imine (C=N–C) groups is 1. The van der Waals surface area contributed by atoms with Crippen molar-refractivity contribution >= 4 is 29.9 Å². The van der Waals surface area contributed by atoms with Crippen LogP contribution in [0, 0.1) is 0 Å². The maximum absolute atomic E-state index is 10.5. The standard InChI is InChI=1S/C19H31N3O2.HI/c1-4-20-18(21-15-19(23)12-6-7-13-19)22(3)14-16-8-10-17(11-9-16)24-5-2;/h8-11,23H,4-7,12-15H2,1-3H3,(H,20,21);1H. The molecule has 0 amide bonds. The Balaban J connectivity index is 0.00000312. The lowest BCUT2D eigenvalue weighted by Gasteiger charge is -2.25. The Morgan fingerprint density at radius 1 is 1.24 bits per heavy atom. The zero-order valence-corrected chi connectivity index (χ0v) is 18.0. The molecule has 5 nitrogen and oxygen atoms in total. The summed E-state index contributed by atoms with van der Waals surface area (Å²) in [5, 5.41) is 13.8. The number of rotatable bonds is 7. The number of hydrogen-bond acceptors (Lipinski definition) is 3. The van der Waals surface area contributed by atoms with Crippen molar-refractivity contribution in [1.29, 1.82) is 0 Å². The Labute approximate surface area is 168 Å². The second-order valence-corrected chi connectivity index (χ2v) is 6.53. The van der Waals surface area contributed by atoms with Crippen LogP contribution in [-0.2, 0) is 6.54 Å². The number of benzene rings is 1. The van der Waals surface area contributed by atoms with Crippen molar-refractivity contribution in [2.24, 2.45) is 4.99 Å². The average molecular weight is 461 g/mol. The first kappa shape index (κ1) is 22.0. The van der Waals surface area contributed by atoms with Crippen LogP contribution >= 0.6 is 24.0 Å². The Morgan fingerprint density at radius 2 is 1.88 bits per heavy atom. The smallest absolute Gasteiger partial charge is 0.194 e. The van der Waals surface area contributed by atoms with Crippen molar-refractivity contribution in [2.75, 3.05) is 26.7 Å². The van der Waals surface area contributed by atoms with Gasteiger partial charge in [0.05, 0.1) is 18.8 Å². The van der Waals surface area contributed by atoms with Gasteiger partial charge in [0.15, 0.2) is 5.96 Å². The van der Waals surface area contributed by atoms with Crippen LogP contribution in [0.5, 0.6) is 5.75 Å². The molecule has 25 heavy (non-hydrogen) atoms. The van der Waals surface area contributed by atoms with Gasteiger partial charge in [-0.2, -0.15) is 0 Å². The quantitative estimate of drug-likeness (QED) is 0.371. The molecule has 0 saturated heterocycles. The van der Waals surface area contributed by atoms with Gasteiger partial charge in [-0.05, 0) is 44.4 Å². The number of guanidine groups is 1. The molecule has 0 radical (unpaired) electrons. The molecule has 1 aliphatic carbocycles. The third-order valence-corrected chi connectivity index (χ3v) is 4.41. The van der Waals surface area contributed by atoms with Crippen molar-refractivity contribution in [3.8, 4) is 5.75 Å². The normalized spacial score (nSPS) is 16.2. The summed E-state index contributed by atoms with van der Waals surface area (Å²) in [6.45, 7) is 6.77. The Bertz CT molecular complexity index is 528. The van der Waals surface area contributed by atoms with Gasteiger partial charge >= 0.3 is 0 Å². The Kier molecular flexibility index (Phi) is 9.56. The maximum Gasteiger partial charge on any atom is 0.194 e. The number of aliphatic hydroxyl groups is 1. The highest BCUT2D eigenvalue weighted by atomic mass is 127. The van der Waals surface area contributed by atoms with E-state index in [-0.39, 0.29) is 24.0 Å². The first-order valence-corrected chi connectivity index (χ1v) is 9.00. The summed E-state index contributed by atoms with van der Waals surface area (Å²) in [6, 6.07) is 8.15. The molecule has 1 aliphatic rings. The van der Waals surface area contributed by atoms with Crippen LogP contribution < -0.4 is 10.1 Å². The zero-order valence-electron chi connectivity index (χ0n) is 15.6. The van der Waals surface area contributed by atoms with Gasteiger partial charge in [0.2, 0.25) is 0 Å². The van der Waals surface area contributed by atoms with E-state index in [0.29, 0.717) is 13.2 Å². The molecule has 2 N–H and O–H groups in total. The monoisotopic (exact) mass is 461 g/mol. The van der Waals surface area contributed by atoms with Crippen LogP contribution in [-0.4, -0.2) is 48.3 Å². The summed E-state index contributed by atoms with van der Waals surface area (Å²) in [6.07, 6.45) is 3.92. The van der Waals surface area contributed by atoms with Gasteiger partial charge in [0, 0.05) is 20.1 Å². The Hall–Kier alpha value is -1.02. The maximum atomic E-state index is 10.5. The lowest BCUT2D eigenvalue weighted by molar-refractivity contribution is 0.0572. The van der Waals surface area contributed by atoms with E-state index >= 15 is 0 Å². The molecule has 0 atom stereocenters. The first-order valence-electron chi connectivity index (χ1n) is 9.00. The highest BCUT2D eigenvalue weighted by Crippen LogP contribution is 2.29. The number of hydrogen-bond donors (Lipinski definition) is 2. The highest BCUT2D eigenvalue weighted by molar-refractivity contribution is 14.0. The summed E-state index contributed by atoms with van der Waals surface area (Å²) in [5.74, 6) is 1.74. The molecule has 142 valence electrons. The minimum atomic E-state index is -0.610. The van der Waals surface area contributed by atoms with Crippen LogP contribution in [0.1, 0.15) is 45.1 Å². The minimum Gasteiger partial charge on any atom is -0.494 e. The average Bonchev–Trinajstić information content (AvgIpc) is 3.00. The predicted octanol–water partition coefficient (Wildman–Crippen LogP) is 3.41. The molecular formula is C19H32IN3O2. The fourth-order valence-electron chi connectivity index (χ4n) is 3.09. The van der Waals surface area contributed by atoms with Crippen molar-refractivity contribution in [3.05, 3.63) is 29.8 Å². The zero-order chi connectivity index (χ0) is 17.4. The summed E-state index contributed by atoms with van der Waals surface area (Å²) in [7, 11) is 2.02. The molecule has 0 aromatic heterocycles. The van der Waals surface area contributed by atoms with Crippen molar-refractivity contribution < 1.29 is 9.84 Å². The predicted molar refractivity (Wildman–Crippen MR) is 114 cm³/mol. The number of halogens is 1. The summed E-state index contributed by atoms with van der Waals surface area (Å²) < 4.78 is 5.48. The van der Waals surface area contributed by atoms with Gasteiger partial charge in [-0.3, -0.25) is 4.99 Å². The lowest BCUT2D eigenvalue weighted by Crippen LogP contribution is -2.40. The SMILES string of the molecule is CCNC(=NCC1(O)CCCC1)N(C)Cc1ccc(OCC)cc1.I. The topological polar surface area (TPSA) is 57.1 Å². The van der Waals surface area contributed by atoms with E-state index in [1.165, 1.54) is 5.56 Å². The van der Waals surface area contributed by atoms with Gasteiger partial charge < -0.3 is 20.1 Å². The van der Waals surface area contributed by atoms with E-state index in [9.17, 15) is 5.11 Å². The van der Waals surface area contributed by atoms with Crippen LogP contribution in [0.25, 0.3) is 0 Å². The van der Waals surface area contributed by atoms with E-state index in [4.69, 9.17) is 4.74 Å². The van der Waals surface area contributed by atoms with Gasteiger partial charge in [-0.15, -0.1) is 24.0 Å². The second-order valence-electron chi connectivity index (χ2n) is 6.53. The molecule has 0 spiro atoms. The van der Waals surface area contributed by atoms with E-state index in [2.05, 4.69) is 34.3 Å². The summed E-state index contributed by atoms with van der Waals surface area (Å²) >= 11 is 0. The molecule has 1 aromatic rings. The Morgan fingerprint density at radius 3 is 2.44 bits per heavy atom. The van der Waals surface area contributed by atoms with Gasteiger partial charge in [0.1, 0.15) is 5.75 Å². The van der Waals surface area contributed by atoms with Gasteiger partial charge in [-0.25, -0.2) is 0 Å². The molecule has 1 aromatic carbocycles. The fourth-order valence-corrected chi connectivity index (χ4v) is 3.09. The molecule has 2 rings (SSSR count).